The summed E-state index contributed by atoms with van der Waals surface area (Å²) in [5.74, 6) is 0. The van der Waals surface area contributed by atoms with Gasteiger partial charge in [0.15, 0.2) is 0 Å². The lowest BCUT2D eigenvalue weighted by Crippen LogP contribution is -2.00. The third-order valence-corrected chi connectivity index (χ3v) is 5.85. The molecule has 0 aliphatic heterocycles. The van der Waals surface area contributed by atoms with Crippen molar-refractivity contribution in [3.63, 3.8) is 0 Å². The van der Waals surface area contributed by atoms with Crippen LogP contribution in [-0.2, 0) is 6.42 Å². The van der Waals surface area contributed by atoms with E-state index in [0.717, 1.165) is 24.0 Å². The molecular formula is C20H24OS2. The highest BCUT2D eigenvalue weighted by atomic mass is 32.2. The first-order valence-corrected chi connectivity index (χ1v) is 10.2. The van der Waals surface area contributed by atoms with Gasteiger partial charge in [0.2, 0.25) is 5.12 Å². The Morgan fingerprint density at radius 3 is 2.48 bits per heavy atom. The zero-order valence-electron chi connectivity index (χ0n) is 14.3. The predicted octanol–water partition coefficient (Wildman–Crippen LogP) is 6.31. The van der Waals surface area contributed by atoms with E-state index in [1.54, 1.807) is 0 Å². The van der Waals surface area contributed by atoms with Crippen molar-refractivity contribution in [1.82, 2.24) is 0 Å². The summed E-state index contributed by atoms with van der Waals surface area (Å²) in [5, 5.41) is 0.706. The van der Waals surface area contributed by atoms with E-state index in [1.165, 1.54) is 27.8 Å². The smallest absolute Gasteiger partial charge is 0.219 e. The van der Waals surface area contributed by atoms with Crippen molar-refractivity contribution in [3.8, 4) is 11.1 Å². The maximum atomic E-state index is 12.4. The molecule has 0 saturated carbocycles. The van der Waals surface area contributed by atoms with Crippen LogP contribution in [0.25, 0.3) is 11.1 Å². The number of rotatable bonds is 6. The Labute approximate surface area is 148 Å². The number of carbonyl (C=O) groups excluding carboxylic acids is 1. The van der Waals surface area contributed by atoms with Gasteiger partial charge in [-0.15, -0.1) is 11.8 Å². The van der Waals surface area contributed by atoms with Gasteiger partial charge in [0.1, 0.15) is 0 Å². The fourth-order valence-corrected chi connectivity index (χ4v) is 3.88. The molecule has 0 amide bonds. The van der Waals surface area contributed by atoms with Crippen LogP contribution in [0.15, 0.2) is 47.4 Å². The SMILES string of the molecule is CCc1ccccc1-c1cc(SC(C)CC)ccc1C(=O)SC. The summed E-state index contributed by atoms with van der Waals surface area (Å²) in [7, 11) is 0. The van der Waals surface area contributed by atoms with Crippen molar-refractivity contribution in [2.75, 3.05) is 6.26 Å². The van der Waals surface area contributed by atoms with Gasteiger partial charge in [-0.3, -0.25) is 4.79 Å². The first kappa shape index (κ1) is 18.2. The normalized spacial score (nSPS) is 12.2. The summed E-state index contributed by atoms with van der Waals surface area (Å²) in [6.45, 7) is 6.61. The molecule has 23 heavy (non-hydrogen) atoms. The van der Waals surface area contributed by atoms with Crippen molar-refractivity contribution >= 4 is 28.6 Å². The molecule has 0 fully saturated rings. The zero-order valence-corrected chi connectivity index (χ0v) is 15.9. The quantitative estimate of drug-likeness (QED) is 0.572. The standard InChI is InChI=1S/C20H24OS2/c1-5-14(3)23-16-11-12-18(20(21)22-4)19(13-16)17-10-8-7-9-15(17)6-2/h7-14H,5-6H2,1-4H3. The average molecular weight is 345 g/mol. The van der Waals surface area contributed by atoms with Gasteiger partial charge < -0.3 is 0 Å². The molecule has 0 saturated heterocycles. The molecule has 2 aromatic carbocycles. The van der Waals surface area contributed by atoms with E-state index in [0.29, 0.717) is 5.25 Å². The van der Waals surface area contributed by atoms with Gasteiger partial charge >= 0.3 is 0 Å². The average Bonchev–Trinajstić information content (AvgIpc) is 2.60. The highest BCUT2D eigenvalue weighted by molar-refractivity contribution is 8.13. The third kappa shape index (κ3) is 4.42. The van der Waals surface area contributed by atoms with E-state index in [9.17, 15) is 4.79 Å². The molecule has 1 atom stereocenters. The second-order valence-electron chi connectivity index (χ2n) is 5.55. The monoisotopic (exact) mass is 344 g/mol. The van der Waals surface area contributed by atoms with E-state index in [2.05, 4.69) is 57.2 Å². The van der Waals surface area contributed by atoms with Gasteiger partial charge in [-0.25, -0.2) is 0 Å². The van der Waals surface area contributed by atoms with Gasteiger partial charge in [0, 0.05) is 15.7 Å². The van der Waals surface area contributed by atoms with Crippen LogP contribution in [0.3, 0.4) is 0 Å². The number of carbonyl (C=O) groups is 1. The van der Waals surface area contributed by atoms with Crippen molar-refractivity contribution in [2.45, 2.75) is 43.8 Å². The van der Waals surface area contributed by atoms with Gasteiger partial charge in [0.25, 0.3) is 0 Å². The molecule has 122 valence electrons. The van der Waals surface area contributed by atoms with Crippen molar-refractivity contribution in [3.05, 3.63) is 53.6 Å². The van der Waals surface area contributed by atoms with Gasteiger partial charge in [-0.05, 0) is 54.0 Å². The molecule has 0 N–H and O–H groups in total. The molecule has 0 bridgehead atoms. The number of thioether (sulfide) groups is 2. The molecule has 0 aliphatic rings. The molecule has 0 radical (unpaired) electrons. The minimum absolute atomic E-state index is 0.131. The van der Waals surface area contributed by atoms with E-state index < -0.39 is 0 Å². The van der Waals surface area contributed by atoms with Crippen molar-refractivity contribution < 1.29 is 4.79 Å². The molecule has 3 heteroatoms. The highest BCUT2D eigenvalue weighted by Gasteiger charge is 2.15. The maximum absolute atomic E-state index is 12.4. The van der Waals surface area contributed by atoms with Gasteiger partial charge in [0.05, 0.1) is 0 Å². The lowest BCUT2D eigenvalue weighted by molar-refractivity contribution is 0.109. The number of aryl methyl sites for hydroxylation is 1. The Hall–Kier alpha value is -1.19. The fraction of sp³-hybridized carbons (Fsp3) is 0.350. The molecule has 0 heterocycles. The van der Waals surface area contributed by atoms with Crippen LogP contribution in [0.4, 0.5) is 0 Å². The Bertz CT molecular complexity index is 679. The lowest BCUT2D eigenvalue weighted by atomic mass is 9.95. The van der Waals surface area contributed by atoms with Crippen LogP contribution >= 0.6 is 23.5 Å². The van der Waals surface area contributed by atoms with Crippen LogP contribution in [-0.4, -0.2) is 16.6 Å². The number of hydrogen-bond acceptors (Lipinski definition) is 3. The van der Waals surface area contributed by atoms with E-state index in [1.807, 2.05) is 24.1 Å². The highest BCUT2D eigenvalue weighted by Crippen LogP contribution is 2.34. The van der Waals surface area contributed by atoms with E-state index in [4.69, 9.17) is 0 Å². The molecule has 1 nitrogen and oxygen atoms in total. The van der Waals surface area contributed by atoms with Crippen molar-refractivity contribution in [1.29, 1.82) is 0 Å². The predicted molar refractivity (Wildman–Crippen MR) is 105 cm³/mol. The van der Waals surface area contributed by atoms with Crippen LogP contribution in [0, 0.1) is 0 Å². The Morgan fingerprint density at radius 2 is 1.83 bits per heavy atom. The first-order chi connectivity index (χ1) is 11.1. The van der Waals surface area contributed by atoms with Crippen LogP contribution in [0.5, 0.6) is 0 Å². The second kappa shape index (κ2) is 8.60. The second-order valence-corrected chi connectivity index (χ2v) is 7.84. The minimum Gasteiger partial charge on any atom is -0.282 e. The van der Waals surface area contributed by atoms with E-state index in [-0.39, 0.29) is 5.12 Å². The minimum atomic E-state index is 0.131. The van der Waals surface area contributed by atoms with E-state index >= 15 is 0 Å². The molecule has 2 rings (SSSR count). The topological polar surface area (TPSA) is 17.1 Å². The molecule has 0 aliphatic carbocycles. The van der Waals surface area contributed by atoms with Crippen LogP contribution < -0.4 is 0 Å². The van der Waals surface area contributed by atoms with Crippen LogP contribution in [0.1, 0.15) is 43.1 Å². The molecule has 2 aromatic rings. The maximum Gasteiger partial charge on any atom is 0.219 e. The summed E-state index contributed by atoms with van der Waals surface area (Å²) in [6.07, 6.45) is 3.95. The fourth-order valence-electron chi connectivity index (χ4n) is 2.51. The Morgan fingerprint density at radius 1 is 1.09 bits per heavy atom. The Kier molecular flexibility index (Phi) is 6.79. The van der Waals surface area contributed by atoms with Crippen LogP contribution in [0.2, 0.25) is 0 Å². The van der Waals surface area contributed by atoms with Gasteiger partial charge in [-0.2, -0.15) is 0 Å². The summed E-state index contributed by atoms with van der Waals surface area (Å²) in [6, 6.07) is 14.7. The molecule has 1 unspecified atom stereocenters. The summed E-state index contributed by atoms with van der Waals surface area (Å²) in [5.41, 5.74) is 4.34. The number of hydrogen-bond donors (Lipinski definition) is 0. The molecular weight excluding hydrogens is 320 g/mol. The molecule has 0 aromatic heterocycles. The molecule has 0 spiro atoms. The number of benzene rings is 2. The summed E-state index contributed by atoms with van der Waals surface area (Å²) in [4.78, 5) is 13.6. The lowest BCUT2D eigenvalue weighted by Gasteiger charge is -2.15. The van der Waals surface area contributed by atoms with Crippen molar-refractivity contribution in [2.24, 2.45) is 0 Å². The largest absolute Gasteiger partial charge is 0.282 e. The zero-order chi connectivity index (χ0) is 16.8. The Balaban J connectivity index is 2.56. The summed E-state index contributed by atoms with van der Waals surface area (Å²) < 4.78 is 0. The summed E-state index contributed by atoms with van der Waals surface area (Å²) >= 11 is 3.15. The third-order valence-electron chi connectivity index (χ3n) is 4.00. The van der Waals surface area contributed by atoms with Gasteiger partial charge in [-0.1, -0.05) is 56.8 Å². The first-order valence-electron chi connectivity index (χ1n) is 8.08.